The van der Waals surface area contributed by atoms with Gasteiger partial charge in [0.1, 0.15) is 10.7 Å². The molecule has 0 aromatic heterocycles. The SMILES string of the molecule is CCC(CC1CC1)NS(=O)(=O)c1cc(CO)ccc1F. The van der Waals surface area contributed by atoms with Gasteiger partial charge in [-0.3, -0.25) is 0 Å². The zero-order valence-corrected chi connectivity index (χ0v) is 12.3. The molecular weight excluding hydrogens is 281 g/mol. The Kier molecular flexibility index (Phi) is 4.78. The summed E-state index contributed by atoms with van der Waals surface area (Å²) in [5, 5.41) is 9.04. The first kappa shape index (κ1) is 15.4. The molecule has 1 atom stereocenters. The van der Waals surface area contributed by atoms with E-state index >= 15 is 0 Å². The minimum Gasteiger partial charge on any atom is -0.392 e. The fourth-order valence-corrected chi connectivity index (χ4v) is 3.65. The Labute approximate surface area is 119 Å². The van der Waals surface area contributed by atoms with Crippen LogP contribution in [0.15, 0.2) is 23.1 Å². The molecule has 1 fully saturated rings. The average Bonchev–Trinajstić information content (AvgIpc) is 3.22. The molecule has 2 rings (SSSR count). The standard InChI is InChI=1S/C14H20FNO3S/c1-2-12(7-10-3-4-10)16-20(18,19)14-8-11(9-17)5-6-13(14)15/h5-6,8,10,12,16-17H,2-4,7,9H2,1H3. The molecule has 20 heavy (non-hydrogen) atoms. The summed E-state index contributed by atoms with van der Waals surface area (Å²) >= 11 is 0. The highest BCUT2D eigenvalue weighted by atomic mass is 32.2. The second-order valence-corrected chi connectivity index (χ2v) is 7.01. The summed E-state index contributed by atoms with van der Waals surface area (Å²) in [6, 6.07) is 3.46. The normalized spacial score (nSPS) is 17.1. The van der Waals surface area contributed by atoms with Crippen LogP contribution in [0.1, 0.15) is 38.2 Å². The van der Waals surface area contributed by atoms with E-state index in [1.54, 1.807) is 0 Å². The van der Waals surface area contributed by atoms with Crippen LogP contribution in [0, 0.1) is 11.7 Å². The van der Waals surface area contributed by atoms with E-state index in [0.29, 0.717) is 17.9 Å². The zero-order valence-electron chi connectivity index (χ0n) is 11.5. The number of benzene rings is 1. The Balaban J connectivity index is 2.19. The maximum Gasteiger partial charge on any atom is 0.243 e. The van der Waals surface area contributed by atoms with Crippen LogP contribution >= 0.6 is 0 Å². The molecule has 0 heterocycles. The van der Waals surface area contributed by atoms with Crippen LogP contribution in [-0.4, -0.2) is 19.6 Å². The van der Waals surface area contributed by atoms with Gasteiger partial charge >= 0.3 is 0 Å². The molecule has 112 valence electrons. The van der Waals surface area contributed by atoms with Crippen molar-refractivity contribution < 1.29 is 17.9 Å². The molecule has 0 saturated heterocycles. The van der Waals surface area contributed by atoms with E-state index in [4.69, 9.17) is 5.11 Å². The number of rotatable bonds is 7. The monoisotopic (exact) mass is 301 g/mol. The largest absolute Gasteiger partial charge is 0.392 e. The summed E-state index contributed by atoms with van der Waals surface area (Å²) in [6.07, 6.45) is 3.77. The van der Waals surface area contributed by atoms with Crippen LogP contribution in [0.3, 0.4) is 0 Å². The highest BCUT2D eigenvalue weighted by Gasteiger charge is 2.28. The van der Waals surface area contributed by atoms with Crippen molar-refractivity contribution in [1.82, 2.24) is 4.72 Å². The maximum absolute atomic E-state index is 13.7. The molecule has 0 aliphatic heterocycles. The Morgan fingerprint density at radius 2 is 2.15 bits per heavy atom. The van der Waals surface area contributed by atoms with Crippen LogP contribution in [-0.2, 0) is 16.6 Å². The number of hydrogen-bond acceptors (Lipinski definition) is 3. The smallest absolute Gasteiger partial charge is 0.243 e. The van der Waals surface area contributed by atoms with Gasteiger partial charge in [0.05, 0.1) is 6.61 Å². The summed E-state index contributed by atoms with van der Waals surface area (Å²) in [5.41, 5.74) is 0.377. The molecule has 0 amide bonds. The van der Waals surface area contributed by atoms with E-state index < -0.39 is 20.7 Å². The molecule has 6 heteroatoms. The van der Waals surface area contributed by atoms with E-state index in [9.17, 15) is 12.8 Å². The van der Waals surface area contributed by atoms with E-state index in [0.717, 1.165) is 25.3 Å². The summed E-state index contributed by atoms with van der Waals surface area (Å²) < 4.78 is 40.8. The molecule has 0 spiro atoms. The molecule has 1 aromatic carbocycles. The third-order valence-corrected chi connectivity index (χ3v) is 5.13. The molecule has 1 aliphatic carbocycles. The molecular formula is C14H20FNO3S. The first-order valence-corrected chi connectivity index (χ1v) is 8.36. The summed E-state index contributed by atoms with van der Waals surface area (Å²) in [7, 11) is -3.89. The Hall–Kier alpha value is -0.980. The van der Waals surface area contributed by atoms with E-state index in [2.05, 4.69) is 4.72 Å². The van der Waals surface area contributed by atoms with Gasteiger partial charge in [-0.25, -0.2) is 17.5 Å². The second-order valence-electron chi connectivity index (χ2n) is 5.33. The minimum atomic E-state index is -3.89. The third kappa shape index (κ3) is 3.77. The predicted octanol–water partition coefficient (Wildman–Crippen LogP) is 2.17. The van der Waals surface area contributed by atoms with Crippen LogP contribution in [0.2, 0.25) is 0 Å². The zero-order chi connectivity index (χ0) is 14.8. The summed E-state index contributed by atoms with van der Waals surface area (Å²) in [5.74, 6) is -0.202. The fraction of sp³-hybridized carbons (Fsp3) is 0.571. The first-order valence-electron chi connectivity index (χ1n) is 6.88. The number of halogens is 1. The topological polar surface area (TPSA) is 66.4 Å². The van der Waals surface area contributed by atoms with Gasteiger partial charge in [-0.15, -0.1) is 0 Å². The van der Waals surface area contributed by atoms with Gasteiger partial charge < -0.3 is 5.11 Å². The van der Waals surface area contributed by atoms with Gasteiger partial charge in [0, 0.05) is 6.04 Å². The van der Waals surface area contributed by atoms with Crippen molar-refractivity contribution in [2.45, 2.75) is 50.2 Å². The molecule has 2 N–H and O–H groups in total. The number of sulfonamides is 1. The lowest BCUT2D eigenvalue weighted by Crippen LogP contribution is -2.35. The Morgan fingerprint density at radius 3 is 2.70 bits per heavy atom. The van der Waals surface area contributed by atoms with Crippen molar-refractivity contribution >= 4 is 10.0 Å². The van der Waals surface area contributed by atoms with Crippen LogP contribution in [0.5, 0.6) is 0 Å². The average molecular weight is 301 g/mol. The molecule has 4 nitrogen and oxygen atoms in total. The summed E-state index contributed by atoms with van der Waals surface area (Å²) in [6.45, 7) is 1.60. The van der Waals surface area contributed by atoms with Gasteiger partial charge in [0.2, 0.25) is 10.0 Å². The molecule has 1 aromatic rings. The predicted molar refractivity (Wildman–Crippen MR) is 74.1 cm³/mol. The Bertz CT molecular complexity index is 570. The van der Waals surface area contributed by atoms with Gasteiger partial charge in [-0.1, -0.05) is 25.8 Å². The third-order valence-electron chi connectivity index (χ3n) is 3.60. The van der Waals surface area contributed by atoms with Crippen molar-refractivity contribution in [2.75, 3.05) is 0 Å². The molecule has 0 bridgehead atoms. The fourth-order valence-electron chi connectivity index (χ4n) is 2.19. The van der Waals surface area contributed by atoms with Crippen molar-refractivity contribution in [3.8, 4) is 0 Å². The van der Waals surface area contributed by atoms with Crippen LogP contribution in [0.4, 0.5) is 4.39 Å². The number of nitrogens with one attached hydrogen (secondary N) is 1. The number of aliphatic hydroxyl groups is 1. The molecule has 1 aliphatic rings. The first-order chi connectivity index (χ1) is 9.46. The van der Waals surface area contributed by atoms with E-state index in [1.807, 2.05) is 6.92 Å². The number of hydrogen-bond donors (Lipinski definition) is 2. The van der Waals surface area contributed by atoms with Gasteiger partial charge in [0.15, 0.2) is 0 Å². The van der Waals surface area contributed by atoms with Crippen molar-refractivity contribution in [1.29, 1.82) is 0 Å². The van der Waals surface area contributed by atoms with Crippen LogP contribution in [0.25, 0.3) is 0 Å². The minimum absolute atomic E-state index is 0.162. The Morgan fingerprint density at radius 1 is 1.45 bits per heavy atom. The molecule has 0 radical (unpaired) electrons. The van der Waals surface area contributed by atoms with E-state index in [-0.39, 0.29) is 12.6 Å². The quantitative estimate of drug-likeness (QED) is 0.811. The van der Waals surface area contributed by atoms with E-state index in [1.165, 1.54) is 12.1 Å². The second kappa shape index (κ2) is 6.20. The lowest BCUT2D eigenvalue weighted by atomic mass is 10.1. The highest BCUT2D eigenvalue weighted by molar-refractivity contribution is 7.89. The molecule has 1 unspecified atom stereocenters. The van der Waals surface area contributed by atoms with Gasteiger partial charge in [-0.2, -0.15) is 0 Å². The van der Waals surface area contributed by atoms with Gasteiger partial charge in [0.25, 0.3) is 0 Å². The lowest BCUT2D eigenvalue weighted by molar-refractivity contribution is 0.281. The highest BCUT2D eigenvalue weighted by Crippen LogP contribution is 2.34. The molecule has 1 saturated carbocycles. The van der Waals surface area contributed by atoms with Crippen LogP contribution < -0.4 is 4.72 Å². The van der Waals surface area contributed by atoms with Crippen molar-refractivity contribution in [3.63, 3.8) is 0 Å². The van der Waals surface area contributed by atoms with Gasteiger partial charge in [-0.05, 0) is 36.5 Å². The van der Waals surface area contributed by atoms with Crippen molar-refractivity contribution in [2.24, 2.45) is 5.92 Å². The van der Waals surface area contributed by atoms with Crippen molar-refractivity contribution in [3.05, 3.63) is 29.6 Å². The maximum atomic E-state index is 13.7. The lowest BCUT2D eigenvalue weighted by Gasteiger charge is -2.17. The number of aliphatic hydroxyl groups excluding tert-OH is 1. The summed E-state index contributed by atoms with van der Waals surface area (Å²) in [4.78, 5) is -0.390.